The van der Waals surface area contributed by atoms with Gasteiger partial charge in [-0.3, -0.25) is 9.59 Å². The van der Waals surface area contributed by atoms with Gasteiger partial charge in [0.25, 0.3) is 0 Å². The zero-order valence-electron chi connectivity index (χ0n) is 11.0. The molecule has 0 aliphatic carbocycles. The van der Waals surface area contributed by atoms with E-state index >= 15 is 0 Å². The number of nitrogens with zero attached hydrogens (tertiary/aromatic N) is 2. The van der Waals surface area contributed by atoms with Crippen LogP contribution in [0.2, 0.25) is 0 Å². The highest BCUT2D eigenvalue weighted by Crippen LogP contribution is 2.23. The van der Waals surface area contributed by atoms with Crippen LogP contribution in [-0.4, -0.2) is 40.0 Å². The molecule has 0 spiro atoms. The highest BCUT2D eigenvalue weighted by atomic mass is 32.1. The minimum absolute atomic E-state index is 0.0415. The fourth-order valence-corrected chi connectivity index (χ4v) is 3.23. The Balaban J connectivity index is 1.79. The van der Waals surface area contributed by atoms with Gasteiger partial charge in [-0.15, -0.1) is 11.3 Å². The number of aliphatic carboxylic acids is 1. The number of hydrogen-bond donors (Lipinski definition) is 1. The van der Waals surface area contributed by atoms with E-state index in [1.165, 1.54) is 0 Å². The maximum atomic E-state index is 11.8. The second-order valence-electron chi connectivity index (χ2n) is 4.97. The predicted molar refractivity (Wildman–Crippen MR) is 72.1 cm³/mol. The molecule has 1 unspecified atom stereocenters. The van der Waals surface area contributed by atoms with E-state index in [-0.39, 0.29) is 18.7 Å². The van der Waals surface area contributed by atoms with Crippen LogP contribution >= 0.6 is 11.3 Å². The molecular weight excluding hydrogens is 264 g/mol. The lowest BCUT2D eigenvalue weighted by Gasteiger charge is -2.15. The molecule has 0 aromatic carbocycles. The van der Waals surface area contributed by atoms with Gasteiger partial charge >= 0.3 is 5.97 Å². The molecule has 2 heterocycles. The van der Waals surface area contributed by atoms with E-state index in [9.17, 15) is 9.59 Å². The summed E-state index contributed by atoms with van der Waals surface area (Å²) in [6, 6.07) is 0. The van der Waals surface area contributed by atoms with E-state index < -0.39 is 5.97 Å². The average molecular weight is 282 g/mol. The average Bonchev–Trinajstić information content (AvgIpc) is 2.96. The minimum atomic E-state index is -0.914. The van der Waals surface area contributed by atoms with Crippen LogP contribution in [0.15, 0.2) is 5.38 Å². The summed E-state index contributed by atoms with van der Waals surface area (Å²) in [7, 11) is 0. The van der Waals surface area contributed by atoms with Gasteiger partial charge in [0, 0.05) is 37.0 Å². The van der Waals surface area contributed by atoms with E-state index in [4.69, 9.17) is 5.11 Å². The van der Waals surface area contributed by atoms with E-state index in [1.807, 2.05) is 12.3 Å². The molecule has 104 valence electrons. The van der Waals surface area contributed by atoms with E-state index in [1.54, 1.807) is 16.2 Å². The third kappa shape index (κ3) is 4.02. The topological polar surface area (TPSA) is 70.5 Å². The standard InChI is InChI=1S/C13H18N2O3S/c1-9-8-19-11(14-9)6-10-4-5-15(7-10)12(16)2-3-13(17)18/h8,10H,2-7H2,1H3,(H,17,18). The summed E-state index contributed by atoms with van der Waals surface area (Å²) in [5.41, 5.74) is 1.05. The van der Waals surface area contributed by atoms with Crippen molar-refractivity contribution in [3.8, 4) is 0 Å². The minimum Gasteiger partial charge on any atom is -0.481 e. The van der Waals surface area contributed by atoms with Crippen molar-refractivity contribution in [2.75, 3.05) is 13.1 Å². The molecule has 0 saturated carbocycles. The Kier molecular flexibility index (Phi) is 4.52. The molecule has 0 bridgehead atoms. The molecule has 1 saturated heterocycles. The number of amides is 1. The quantitative estimate of drug-likeness (QED) is 0.892. The van der Waals surface area contributed by atoms with Gasteiger partial charge < -0.3 is 10.0 Å². The van der Waals surface area contributed by atoms with Crippen molar-refractivity contribution in [1.29, 1.82) is 0 Å². The molecule has 1 aromatic rings. The molecule has 2 rings (SSSR count). The number of carbonyl (C=O) groups is 2. The second kappa shape index (κ2) is 6.14. The van der Waals surface area contributed by atoms with Crippen molar-refractivity contribution in [2.24, 2.45) is 5.92 Å². The summed E-state index contributed by atoms with van der Waals surface area (Å²) in [4.78, 5) is 28.5. The molecule has 1 atom stereocenters. The second-order valence-corrected chi connectivity index (χ2v) is 5.92. The van der Waals surface area contributed by atoms with Crippen LogP contribution in [-0.2, 0) is 16.0 Å². The first-order chi connectivity index (χ1) is 9.04. The van der Waals surface area contributed by atoms with E-state index in [2.05, 4.69) is 4.98 Å². The highest BCUT2D eigenvalue weighted by Gasteiger charge is 2.26. The molecule has 6 heteroatoms. The predicted octanol–water partition coefficient (Wildman–Crippen LogP) is 1.71. The van der Waals surface area contributed by atoms with E-state index in [0.29, 0.717) is 5.92 Å². The van der Waals surface area contributed by atoms with Gasteiger partial charge in [0.05, 0.1) is 11.4 Å². The van der Waals surface area contributed by atoms with Crippen molar-refractivity contribution in [2.45, 2.75) is 32.6 Å². The van der Waals surface area contributed by atoms with Gasteiger partial charge in [-0.25, -0.2) is 4.98 Å². The van der Waals surface area contributed by atoms with E-state index in [0.717, 1.165) is 36.6 Å². The maximum absolute atomic E-state index is 11.8. The number of aryl methyl sites for hydroxylation is 1. The van der Waals surface area contributed by atoms with Gasteiger partial charge in [0.15, 0.2) is 0 Å². The summed E-state index contributed by atoms with van der Waals surface area (Å²) in [6.45, 7) is 3.46. The molecule has 19 heavy (non-hydrogen) atoms. The lowest BCUT2D eigenvalue weighted by molar-refractivity contribution is -0.140. The first-order valence-electron chi connectivity index (χ1n) is 6.45. The van der Waals surface area contributed by atoms with Crippen molar-refractivity contribution < 1.29 is 14.7 Å². The number of rotatable bonds is 5. The lowest BCUT2D eigenvalue weighted by Crippen LogP contribution is -2.29. The molecular formula is C13H18N2O3S. The number of hydrogen-bond acceptors (Lipinski definition) is 4. The summed E-state index contributed by atoms with van der Waals surface area (Å²) >= 11 is 1.67. The molecule has 1 aliphatic rings. The number of carboxylic acid groups (broad SMARTS) is 1. The number of carbonyl (C=O) groups excluding carboxylic acids is 1. The van der Waals surface area contributed by atoms with Crippen molar-refractivity contribution >= 4 is 23.2 Å². The number of aromatic nitrogens is 1. The Morgan fingerprint density at radius 3 is 2.95 bits per heavy atom. The number of carboxylic acids is 1. The van der Waals surface area contributed by atoms with Gasteiger partial charge in [-0.05, 0) is 19.3 Å². The van der Waals surface area contributed by atoms with Gasteiger partial charge in [-0.2, -0.15) is 0 Å². The Hall–Kier alpha value is -1.43. The largest absolute Gasteiger partial charge is 0.481 e. The summed E-state index contributed by atoms with van der Waals surface area (Å²) in [5, 5.41) is 11.7. The lowest BCUT2D eigenvalue weighted by atomic mass is 10.1. The van der Waals surface area contributed by atoms with Crippen molar-refractivity contribution in [1.82, 2.24) is 9.88 Å². The maximum Gasteiger partial charge on any atom is 0.303 e. The molecule has 1 aliphatic heterocycles. The summed E-state index contributed by atoms with van der Waals surface area (Å²) in [6.07, 6.45) is 1.93. The van der Waals surface area contributed by atoms with Gasteiger partial charge in [0.2, 0.25) is 5.91 Å². The van der Waals surface area contributed by atoms with Crippen LogP contribution in [0.4, 0.5) is 0 Å². The van der Waals surface area contributed by atoms with Crippen LogP contribution in [0.3, 0.4) is 0 Å². The molecule has 5 nitrogen and oxygen atoms in total. The molecule has 1 amide bonds. The normalized spacial score (nSPS) is 18.8. The highest BCUT2D eigenvalue weighted by molar-refractivity contribution is 7.09. The van der Waals surface area contributed by atoms with Gasteiger partial charge in [-0.1, -0.05) is 0 Å². The van der Waals surface area contributed by atoms with Crippen LogP contribution in [0, 0.1) is 12.8 Å². The Morgan fingerprint density at radius 1 is 1.53 bits per heavy atom. The monoisotopic (exact) mass is 282 g/mol. The third-order valence-corrected chi connectivity index (χ3v) is 4.31. The number of thiazole rings is 1. The Labute approximate surface area is 116 Å². The summed E-state index contributed by atoms with van der Waals surface area (Å²) in [5.74, 6) is -0.498. The SMILES string of the molecule is Cc1csc(CC2CCN(C(=O)CCC(=O)O)C2)n1. The third-order valence-electron chi connectivity index (χ3n) is 3.32. The van der Waals surface area contributed by atoms with Crippen LogP contribution < -0.4 is 0 Å². The van der Waals surface area contributed by atoms with Crippen LogP contribution in [0.5, 0.6) is 0 Å². The fourth-order valence-electron chi connectivity index (χ4n) is 2.34. The van der Waals surface area contributed by atoms with Crippen LogP contribution in [0.1, 0.15) is 30.0 Å². The van der Waals surface area contributed by atoms with Crippen LogP contribution in [0.25, 0.3) is 0 Å². The first kappa shape index (κ1) is 14.0. The molecule has 0 radical (unpaired) electrons. The zero-order valence-corrected chi connectivity index (χ0v) is 11.8. The summed E-state index contributed by atoms with van der Waals surface area (Å²) < 4.78 is 0. The molecule has 1 fully saturated rings. The fraction of sp³-hybridized carbons (Fsp3) is 0.615. The smallest absolute Gasteiger partial charge is 0.303 e. The number of likely N-dealkylation sites (tertiary alicyclic amines) is 1. The van der Waals surface area contributed by atoms with Crippen molar-refractivity contribution in [3.63, 3.8) is 0 Å². The van der Waals surface area contributed by atoms with Gasteiger partial charge in [0.1, 0.15) is 0 Å². The molecule has 1 aromatic heterocycles. The Morgan fingerprint density at radius 2 is 2.32 bits per heavy atom. The Bertz CT molecular complexity index is 472. The van der Waals surface area contributed by atoms with Crippen molar-refractivity contribution in [3.05, 3.63) is 16.1 Å². The molecule has 1 N–H and O–H groups in total. The first-order valence-corrected chi connectivity index (χ1v) is 7.33. The zero-order chi connectivity index (χ0) is 13.8.